The molecule has 1 aliphatic rings. The van der Waals surface area contributed by atoms with E-state index < -0.39 is 15.6 Å². The van der Waals surface area contributed by atoms with E-state index in [1.165, 1.54) is 0 Å². The van der Waals surface area contributed by atoms with E-state index in [1.54, 1.807) is 0 Å². The maximum Gasteiger partial charge on any atom is 0.260 e. The van der Waals surface area contributed by atoms with E-state index in [4.69, 9.17) is 4.74 Å². The summed E-state index contributed by atoms with van der Waals surface area (Å²) in [5, 5.41) is 10.0. The van der Waals surface area contributed by atoms with Crippen molar-refractivity contribution in [2.45, 2.75) is 50.7 Å². The number of ether oxygens (including phenoxy) is 1. The SMILES string of the molecule is CCCNCc1c(S(=O)(=O)NC2(C)CCOC2)n[nH]c1C. The van der Waals surface area contributed by atoms with Gasteiger partial charge in [-0.3, -0.25) is 5.10 Å². The summed E-state index contributed by atoms with van der Waals surface area (Å²) in [5.41, 5.74) is 0.907. The summed E-state index contributed by atoms with van der Waals surface area (Å²) in [4.78, 5) is 0. The maximum absolute atomic E-state index is 12.6. The van der Waals surface area contributed by atoms with Crippen molar-refractivity contribution in [3.8, 4) is 0 Å². The van der Waals surface area contributed by atoms with E-state index in [0.717, 1.165) is 18.7 Å². The van der Waals surface area contributed by atoms with Gasteiger partial charge < -0.3 is 10.1 Å². The molecule has 1 aromatic heterocycles. The Morgan fingerprint density at radius 1 is 1.48 bits per heavy atom. The first kappa shape index (κ1) is 16.4. The summed E-state index contributed by atoms with van der Waals surface area (Å²) >= 11 is 0. The highest BCUT2D eigenvalue weighted by molar-refractivity contribution is 7.89. The van der Waals surface area contributed by atoms with Crippen LogP contribution in [0.25, 0.3) is 0 Å². The van der Waals surface area contributed by atoms with Crippen LogP contribution in [0.5, 0.6) is 0 Å². The van der Waals surface area contributed by atoms with Crippen molar-refractivity contribution >= 4 is 10.0 Å². The van der Waals surface area contributed by atoms with Gasteiger partial charge in [-0.05, 0) is 33.2 Å². The molecule has 7 nitrogen and oxygen atoms in total. The van der Waals surface area contributed by atoms with Gasteiger partial charge in [0.25, 0.3) is 10.0 Å². The monoisotopic (exact) mass is 316 g/mol. The molecule has 0 amide bonds. The molecule has 1 aromatic rings. The first-order valence-electron chi connectivity index (χ1n) is 7.24. The number of sulfonamides is 1. The molecule has 1 unspecified atom stereocenters. The summed E-state index contributed by atoms with van der Waals surface area (Å²) in [7, 11) is -3.66. The standard InChI is InChI=1S/C13H24N4O3S/c1-4-6-14-8-11-10(2)15-16-12(11)21(18,19)17-13(3)5-7-20-9-13/h14,17H,4-9H2,1-3H3,(H,15,16). The lowest BCUT2D eigenvalue weighted by Crippen LogP contribution is -2.46. The van der Waals surface area contributed by atoms with Gasteiger partial charge in [-0.15, -0.1) is 0 Å². The van der Waals surface area contributed by atoms with Gasteiger partial charge in [-0.1, -0.05) is 6.92 Å². The second-order valence-electron chi connectivity index (χ2n) is 5.78. The molecule has 0 saturated carbocycles. The fraction of sp³-hybridized carbons (Fsp3) is 0.769. The Morgan fingerprint density at radius 2 is 2.24 bits per heavy atom. The number of H-pyrrole nitrogens is 1. The van der Waals surface area contributed by atoms with E-state index in [0.29, 0.717) is 31.7 Å². The van der Waals surface area contributed by atoms with E-state index in [2.05, 4.69) is 27.2 Å². The highest BCUT2D eigenvalue weighted by atomic mass is 32.2. The fourth-order valence-electron chi connectivity index (χ4n) is 2.37. The average Bonchev–Trinajstić information content (AvgIpc) is 2.97. The van der Waals surface area contributed by atoms with Gasteiger partial charge in [-0.2, -0.15) is 5.10 Å². The van der Waals surface area contributed by atoms with Gasteiger partial charge in [-0.25, -0.2) is 13.1 Å². The van der Waals surface area contributed by atoms with Crippen molar-refractivity contribution in [2.24, 2.45) is 0 Å². The van der Waals surface area contributed by atoms with Crippen LogP contribution in [0.15, 0.2) is 5.03 Å². The lowest BCUT2D eigenvalue weighted by Gasteiger charge is -2.22. The summed E-state index contributed by atoms with van der Waals surface area (Å²) in [5.74, 6) is 0. The van der Waals surface area contributed by atoms with Gasteiger partial charge in [0.05, 0.1) is 12.1 Å². The summed E-state index contributed by atoms with van der Waals surface area (Å²) in [6, 6.07) is 0. The van der Waals surface area contributed by atoms with Crippen LogP contribution in [0.4, 0.5) is 0 Å². The predicted molar refractivity (Wildman–Crippen MR) is 79.5 cm³/mol. The molecule has 120 valence electrons. The molecule has 1 aliphatic heterocycles. The molecule has 0 spiro atoms. The third-order valence-electron chi connectivity index (χ3n) is 3.62. The van der Waals surface area contributed by atoms with E-state index in [9.17, 15) is 8.42 Å². The molecule has 0 aliphatic carbocycles. The maximum atomic E-state index is 12.6. The van der Waals surface area contributed by atoms with Gasteiger partial charge in [0.15, 0.2) is 5.03 Å². The molecule has 1 atom stereocenters. The van der Waals surface area contributed by atoms with Crippen LogP contribution in [-0.4, -0.2) is 43.9 Å². The first-order valence-corrected chi connectivity index (χ1v) is 8.72. The number of nitrogens with one attached hydrogen (secondary N) is 3. The molecule has 21 heavy (non-hydrogen) atoms. The van der Waals surface area contributed by atoms with E-state index >= 15 is 0 Å². The normalized spacial score (nSPS) is 22.8. The number of aromatic amines is 1. The number of hydrogen-bond acceptors (Lipinski definition) is 5. The molecule has 2 rings (SSSR count). The zero-order chi connectivity index (χ0) is 15.5. The number of aryl methyl sites for hydroxylation is 1. The first-order chi connectivity index (χ1) is 9.88. The highest BCUT2D eigenvalue weighted by Crippen LogP contribution is 2.23. The zero-order valence-corrected chi connectivity index (χ0v) is 13.6. The van der Waals surface area contributed by atoms with Gasteiger partial charge in [0, 0.05) is 24.4 Å². The lowest BCUT2D eigenvalue weighted by atomic mass is 10.0. The highest BCUT2D eigenvalue weighted by Gasteiger charge is 2.36. The number of nitrogens with zero attached hydrogens (tertiary/aromatic N) is 1. The fourth-order valence-corrected chi connectivity index (χ4v) is 3.99. The largest absolute Gasteiger partial charge is 0.379 e. The van der Waals surface area contributed by atoms with Crippen molar-refractivity contribution in [1.82, 2.24) is 20.2 Å². The van der Waals surface area contributed by atoms with Crippen molar-refractivity contribution < 1.29 is 13.2 Å². The summed E-state index contributed by atoms with van der Waals surface area (Å²) in [6.07, 6.45) is 1.66. The molecule has 0 aromatic carbocycles. The van der Waals surface area contributed by atoms with Gasteiger partial charge in [0.2, 0.25) is 0 Å². The number of hydrogen-bond donors (Lipinski definition) is 3. The quantitative estimate of drug-likeness (QED) is 0.643. The molecule has 3 N–H and O–H groups in total. The molecule has 1 saturated heterocycles. The third kappa shape index (κ3) is 3.82. The lowest BCUT2D eigenvalue weighted by molar-refractivity contribution is 0.178. The smallest absolute Gasteiger partial charge is 0.260 e. The Balaban J connectivity index is 2.19. The Hall–Kier alpha value is -0.960. The van der Waals surface area contributed by atoms with E-state index in [1.807, 2.05) is 13.8 Å². The number of rotatable bonds is 7. The predicted octanol–water partition coefficient (Wildman–Crippen LogP) is 0.675. The second-order valence-corrected chi connectivity index (χ2v) is 7.38. The Morgan fingerprint density at radius 3 is 2.86 bits per heavy atom. The van der Waals surface area contributed by atoms with Crippen molar-refractivity contribution in [2.75, 3.05) is 19.8 Å². The Kier molecular flexibility index (Phi) is 5.03. The van der Waals surface area contributed by atoms with Crippen molar-refractivity contribution in [3.63, 3.8) is 0 Å². The van der Waals surface area contributed by atoms with Crippen LogP contribution in [0, 0.1) is 6.92 Å². The van der Waals surface area contributed by atoms with Crippen molar-refractivity contribution in [3.05, 3.63) is 11.3 Å². The third-order valence-corrected chi connectivity index (χ3v) is 5.23. The summed E-state index contributed by atoms with van der Waals surface area (Å²) in [6.45, 7) is 8.03. The minimum atomic E-state index is -3.66. The van der Waals surface area contributed by atoms with Crippen LogP contribution < -0.4 is 10.0 Å². The van der Waals surface area contributed by atoms with Crippen LogP contribution in [-0.2, 0) is 21.3 Å². The average molecular weight is 316 g/mol. The molecule has 0 radical (unpaired) electrons. The number of aromatic nitrogens is 2. The Labute approximate surface area is 125 Å². The molecule has 1 fully saturated rings. The van der Waals surface area contributed by atoms with Crippen LogP contribution in [0.2, 0.25) is 0 Å². The molecule has 2 heterocycles. The molecule has 0 bridgehead atoms. The molecular weight excluding hydrogens is 292 g/mol. The van der Waals surface area contributed by atoms with E-state index in [-0.39, 0.29) is 5.03 Å². The topological polar surface area (TPSA) is 96.1 Å². The Bertz CT molecular complexity index is 576. The van der Waals surface area contributed by atoms with Gasteiger partial charge >= 0.3 is 0 Å². The molecule has 8 heteroatoms. The second kappa shape index (κ2) is 6.43. The van der Waals surface area contributed by atoms with Crippen LogP contribution in [0.3, 0.4) is 0 Å². The van der Waals surface area contributed by atoms with Crippen LogP contribution in [0.1, 0.15) is 37.9 Å². The van der Waals surface area contributed by atoms with Gasteiger partial charge in [0.1, 0.15) is 0 Å². The van der Waals surface area contributed by atoms with Crippen LogP contribution >= 0.6 is 0 Å². The summed E-state index contributed by atoms with van der Waals surface area (Å²) < 4.78 is 33.2. The minimum absolute atomic E-state index is 0.0803. The van der Waals surface area contributed by atoms with Crippen molar-refractivity contribution in [1.29, 1.82) is 0 Å². The zero-order valence-electron chi connectivity index (χ0n) is 12.8. The minimum Gasteiger partial charge on any atom is -0.379 e. The molecular formula is C13H24N4O3S.